The average Bonchev–Trinajstić information content (AvgIpc) is 3.09. The Morgan fingerprint density at radius 3 is 2.20 bits per heavy atom. The number of piperidine rings is 1. The quantitative estimate of drug-likeness (QED) is 0.132. The molecule has 0 spiro atoms. The minimum absolute atomic E-state index is 0.0566. The van der Waals surface area contributed by atoms with E-state index >= 15 is 0 Å². The first kappa shape index (κ1) is 42.3. The number of carbonyl (C=O) groups is 4. The molecule has 0 unspecified atom stereocenters. The Bertz CT molecular complexity index is 1860. The van der Waals surface area contributed by atoms with Crippen molar-refractivity contribution in [2.24, 2.45) is 17.6 Å². The Morgan fingerprint density at radius 2 is 1.56 bits per heavy atom. The number of β-amino-alcohol motifs (C(OH)–C–C–N with tert-alkyl or cyclic N) is 1. The number of nitrogens with zero attached hydrogens (tertiary/aromatic N) is 2. The molecule has 0 radical (unpaired) electrons. The highest BCUT2D eigenvalue weighted by Crippen LogP contribution is 2.39. The van der Waals surface area contributed by atoms with Gasteiger partial charge in [0.05, 0.1) is 30.1 Å². The van der Waals surface area contributed by atoms with Crippen LogP contribution in [-0.2, 0) is 31.2 Å². The summed E-state index contributed by atoms with van der Waals surface area (Å²) in [4.78, 5) is 59.3. The van der Waals surface area contributed by atoms with E-state index in [0.29, 0.717) is 23.9 Å². The van der Waals surface area contributed by atoms with E-state index in [4.69, 9.17) is 23.3 Å². The van der Waals surface area contributed by atoms with Gasteiger partial charge in [-0.2, -0.15) is 8.42 Å². The highest BCUT2D eigenvalue weighted by atomic mass is 32.3. The van der Waals surface area contributed by atoms with E-state index in [-0.39, 0.29) is 24.6 Å². The van der Waals surface area contributed by atoms with Crippen molar-refractivity contribution in [3.63, 3.8) is 0 Å². The largest absolute Gasteiger partial charge is 0.394 e. The molecule has 4 amide bonds. The zero-order chi connectivity index (χ0) is 39.6. The number of aromatic nitrogens is 1. The zero-order valence-corrected chi connectivity index (χ0v) is 31.7. The summed E-state index contributed by atoms with van der Waals surface area (Å²) in [5, 5.41) is 21.4. The lowest BCUT2D eigenvalue weighted by Crippen LogP contribution is -2.61. The number of aliphatic hydroxyl groups excluding tert-OH is 1. The molecular formula is C38H52N6O9S. The van der Waals surface area contributed by atoms with Gasteiger partial charge in [0.25, 0.3) is 5.91 Å². The van der Waals surface area contributed by atoms with Crippen LogP contribution < -0.4 is 21.7 Å². The molecule has 0 bridgehead atoms. The molecule has 2 aliphatic rings. The summed E-state index contributed by atoms with van der Waals surface area (Å²) < 4.78 is 31.6. The third-order valence-electron chi connectivity index (χ3n) is 9.67. The minimum atomic E-state index is -4.67. The molecule has 2 fully saturated rings. The van der Waals surface area contributed by atoms with Crippen LogP contribution in [-0.4, -0.2) is 99.0 Å². The predicted molar refractivity (Wildman–Crippen MR) is 202 cm³/mol. The van der Waals surface area contributed by atoms with Crippen LogP contribution in [0.3, 0.4) is 0 Å². The van der Waals surface area contributed by atoms with Gasteiger partial charge in [-0.3, -0.25) is 33.2 Å². The molecular weight excluding hydrogens is 717 g/mol. The molecule has 54 heavy (non-hydrogen) atoms. The summed E-state index contributed by atoms with van der Waals surface area (Å²) in [5.41, 5.74) is 6.70. The van der Waals surface area contributed by atoms with Crippen molar-refractivity contribution in [1.29, 1.82) is 0 Å². The van der Waals surface area contributed by atoms with Crippen LogP contribution in [0.25, 0.3) is 10.9 Å². The smallest absolute Gasteiger partial charge is 0.390 e. The van der Waals surface area contributed by atoms with E-state index in [0.717, 1.165) is 36.6 Å². The van der Waals surface area contributed by atoms with E-state index in [9.17, 15) is 24.3 Å². The SMILES string of the molecule is CC(C)(C)NC(=O)[C@@H]1C[C@@H]2CCCC[C@@H]2CN1C[C@@H](O)[C@H](Cc1ccccc1)NC(=O)[C@H](CC(N)=O)NC(=O)c1ccc2ccccc2n1.O=S(=O)(O)O. The Kier molecular flexibility index (Phi) is 14.6. The number of hydrogen-bond acceptors (Lipinski definition) is 9. The minimum Gasteiger partial charge on any atom is -0.390 e. The van der Waals surface area contributed by atoms with E-state index in [2.05, 4.69) is 25.8 Å². The van der Waals surface area contributed by atoms with Crippen molar-refractivity contribution >= 4 is 44.9 Å². The molecule has 2 heterocycles. The van der Waals surface area contributed by atoms with Gasteiger partial charge in [-0.05, 0) is 69.6 Å². The maximum Gasteiger partial charge on any atom is 0.394 e. The number of para-hydroxylation sites is 1. The Morgan fingerprint density at radius 1 is 0.926 bits per heavy atom. The second kappa shape index (κ2) is 18.7. The summed E-state index contributed by atoms with van der Waals surface area (Å²) >= 11 is 0. The molecule has 1 aliphatic carbocycles. The molecule has 1 saturated heterocycles. The molecule has 1 saturated carbocycles. The Balaban J connectivity index is 0.00000122. The van der Waals surface area contributed by atoms with Gasteiger partial charge in [0, 0.05) is 24.0 Å². The topological polar surface area (TPSA) is 241 Å². The van der Waals surface area contributed by atoms with Crippen LogP contribution in [0.15, 0.2) is 66.7 Å². The van der Waals surface area contributed by atoms with Gasteiger partial charge in [0.15, 0.2) is 0 Å². The number of pyridine rings is 1. The lowest BCUT2D eigenvalue weighted by atomic mass is 9.72. The molecule has 1 aromatic heterocycles. The summed E-state index contributed by atoms with van der Waals surface area (Å²) in [5.74, 6) is -1.20. The van der Waals surface area contributed by atoms with Gasteiger partial charge in [-0.1, -0.05) is 73.9 Å². The second-order valence-corrected chi connectivity index (χ2v) is 16.1. The number of fused-ring (bicyclic) bond motifs is 2. The first-order chi connectivity index (χ1) is 25.4. The van der Waals surface area contributed by atoms with Crippen molar-refractivity contribution in [2.75, 3.05) is 13.1 Å². The van der Waals surface area contributed by atoms with Crippen LogP contribution in [0.4, 0.5) is 0 Å². The number of benzene rings is 2. The van der Waals surface area contributed by atoms with Crippen molar-refractivity contribution in [1.82, 2.24) is 25.8 Å². The maximum absolute atomic E-state index is 13.8. The molecule has 1 aliphatic heterocycles. The second-order valence-electron chi connectivity index (χ2n) is 15.2. The first-order valence-corrected chi connectivity index (χ1v) is 19.5. The Labute approximate surface area is 316 Å². The Hall–Kier alpha value is -4.48. The van der Waals surface area contributed by atoms with Gasteiger partial charge in [-0.25, -0.2) is 4.98 Å². The van der Waals surface area contributed by atoms with Gasteiger partial charge < -0.3 is 26.8 Å². The standard InChI is InChI=1S/C38H50N6O5.H2O4S/c1-38(2,3)43-37(49)32-20-26-14-7-8-15-27(26)22-44(32)23-33(45)30(19-24-11-5-4-6-12-24)41-36(48)31(21-34(39)46)42-35(47)29-18-17-25-13-9-10-16-28(25)40-29;1-5(2,3)4/h4-6,9-13,16-18,26-27,30-33,45H,7-8,14-15,19-23H2,1-3H3,(H2,39,46)(H,41,48)(H,42,47)(H,43,49);(H2,1,2,3,4)/t26-,27+,30-,31-,32-,33+;/m0./s1. The summed E-state index contributed by atoms with van der Waals surface area (Å²) in [7, 11) is -4.67. The summed E-state index contributed by atoms with van der Waals surface area (Å²) in [6.07, 6.45) is 4.03. The normalized spacial score (nSPS) is 20.6. The third kappa shape index (κ3) is 13.4. The maximum atomic E-state index is 13.8. The molecule has 3 aromatic rings. The van der Waals surface area contributed by atoms with Crippen molar-refractivity contribution in [3.05, 3.63) is 78.0 Å². The molecule has 2 aromatic carbocycles. The van der Waals surface area contributed by atoms with Crippen molar-refractivity contribution < 1.29 is 41.8 Å². The number of nitrogens with one attached hydrogen (secondary N) is 3. The van der Waals surface area contributed by atoms with E-state index < -0.39 is 64.3 Å². The fourth-order valence-electron chi connectivity index (χ4n) is 7.26. The van der Waals surface area contributed by atoms with Gasteiger partial charge >= 0.3 is 10.4 Å². The van der Waals surface area contributed by atoms with Crippen LogP contribution >= 0.6 is 0 Å². The molecule has 5 rings (SSSR count). The van der Waals surface area contributed by atoms with Crippen LogP contribution in [0.5, 0.6) is 0 Å². The van der Waals surface area contributed by atoms with Crippen LogP contribution in [0.1, 0.15) is 75.3 Å². The lowest BCUT2D eigenvalue weighted by Gasteiger charge is -2.47. The molecule has 8 N–H and O–H groups in total. The molecule has 15 nitrogen and oxygen atoms in total. The average molecular weight is 769 g/mol. The van der Waals surface area contributed by atoms with E-state index in [1.807, 2.05) is 69.3 Å². The number of likely N-dealkylation sites (tertiary alicyclic amines) is 1. The third-order valence-corrected chi connectivity index (χ3v) is 9.67. The van der Waals surface area contributed by atoms with E-state index in [1.54, 1.807) is 18.2 Å². The first-order valence-electron chi connectivity index (χ1n) is 18.1. The number of rotatable bonds is 12. The highest BCUT2D eigenvalue weighted by Gasteiger charge is 2.42. The predicted octanol–water partition coefficient (Wildman–Crippen LogP) is 2.44. The summed E-state index contributed by atoms with van der Waals surface area (Å²) in [6.45, 7) is 6.73. The monoisotopic (exact) mass is 768 g/mol. The summed E-state index contributed by atoms with van der Waals surface area (Å²) in [6, 6.07) is 17.6. The van der Waals surface area contributed by atoms with Crippen LogP contribution in [0, 0.1) is 11.8 Å². The number of amides is 4. The van der Waals surface area contributed by atoms with E-state index in [1.165, 1.54) is 6.42 Å². The van der Waals surface area contributed by atoms with Gasteiger partial charge in [0.2, 0.25) is 17.7 Å². The fraction of sp³-hybridized carbons (Fsp3) is 0.500. The molecule has 6 atom stereocenters. The number of primary amides is 1. The van der Waals surface area contributed by atoms with Crippen molar-refractivity contribution in [3.8, 4) is 0 Å². The number of nitrogens with two attached hydrogens (primary N) is 1. The molecule has 294 valence electrons. The fourth-order valence-corrected chi connectivity index (χ4v) is 7.26. The molecule has 16 heteroatoms. The number of hydrogen-bond donors (Lipinski definition) is 7. The number of aliphatic hydroxyl groups is 1. The van der Waals surface area contributed by atoms with Crippen molar-refractivity contribution in [2.45, 2.75) is 95.5 Å². The zero-order valence-electron chi connectivity index (χ0n) is 30.9. The van der Waals surface area contributed by atoms with Gasteiger partial charge in [0.1, 0.15) is 11.7 Å². The highest BCUT2D eigenvalue weighted by molar-refractivity contribution is 7.79. The van der Waals surface area contributed by atoms with Crippen LogP contribution in [0.2, 0.25) is 0 Å². The van der Waals surface area contributed by atoms with Gasteiger partial charge in [-0.15, -0.1) is 0 Å². The lowest BCUT2D eigenvalue weighted by molar-refractivity contribution is -0.133. The number of carbonyl (C=O) groups excluding carboxylic acids is 4.